The first-order valence-electron chi connectivity index (χ1n) is 7.65. The van der Waals surface area contributed by atoms with Gasteiger partial charge in [0.25, 0.3) is 0 Å². The molecule has 0 aliphatic heterocycles. The van der Waals surface area contributed by atoms with Crippen molar-refractivity contribution in [1.82, 2.24) is 5.32 Å². The molecule has 1 aliphatic rings. The van der Waals surface area contributed by atoms with Crippen molar-refractivity contribution in [2.24, 2.45) is 17.6 Å². The normalized spacial score (nSPS) is 30.7. The fraction of sp³-hybridized carbons (Fsp3) is 1.00. The molecule has 4 N–H and O–H groups in total. The number of nitrogens with two attached hydrogens (primary N) is 1. The van der Waals surface area contributed by atoms with Crippen LogP contribution >= 0.6 is 0 Å². The molecule has 0 heterocycles. The van der Waals surface area contributed by atoms with E-state index in [0.717, 1.165) is 31.2 Å². The topological polar surface area (TPSA) is 58.3 Å². The van der Waals surface area contributed by atoms with Crippen LogP contribution in [0.25, 0.3) is 0 Å². The molecule has 108 valence electrons. The maximum atomic E-state index is 9.12. The van der Waals surface area contributed by atoms with Crippen molar-refractivity contribution in [3.05, 3.63) is 0 Å². The van der Waals surface area contributed by atoms with E-state index in [0.29, 0.717) is 6.04 Å². The zero-order chi connectivity index (χ0) is 13.6. The zero-order valence-corrected chi connectivity index (χ0v) is 12.4. The zero-order valence-electron chi connectivity index (χ0n) is 12.4. The third-order valence-corrected chi connectivity index (χ3v) is 4.70. The lowest BCUT2D eigenvalue weighted by Crippen LogP contribution is -2.57. The molecular formula is C15H32N2O. The smallest absolute Gasteiger partial charge is 0.0445 e. The Bertz CT molecular complexity index is 233. The molecule has 1 rings (SSSR count). The molecule has 1 saturated carbocycles. The molecule has 0 bridgehead atoms. The fourth-order valence-electron chi connectivity index (χ4n) is 3.32. The number of nitrogens with one attached hydrogen (secondary N) is 1. The quantitative estimate of drug-likeness (QED) is 0.655. The maximum Gasteiger partial charge on any atom is 0.0445 e. The second-order valence-corrected chi connectivity index (χ2v) is 6.35. The van der Waals surface area contributed by atoms with Crippen molar-refractivity contribution in [2.75, 3.05) is 13.2 Å². The molecule has 18 heavy (non-hydrogen) atoms. The van der Waals surface area contributed by atoms with Crippen molar-refractivity contribution in [3.8, 4) is 0 Å². The number of aliphatic hydroxyl groups is 1. The van der Waals surface area contributed by atoms with Gasteiger partial charge in [0.15, 0.2) is 0 Å². The van der Waals surface area contributed by atoms with Gasteiger partial charge in [0.05, 0.1) is 0 Å². The SMILES string of the molecule is CCC(CCO)NC1(CN)CCCC(C(C)C)C1. The molecule has 0 aromatic heterocycles. The van der Waals surface area contributed by atoms with E-state index >= 15 is 0 Å². The van der Waals surface area contributed by atoms with Crippen LogP contribution in [0.2, 0.25) is 0 Å². The van der Waals surface area contributed by atoms with E-state index in [2.05, 4.69) is 26.1 Å². The summed E-state index contributed by atoms with van der Waals surface area (Å²) in [7, 11) is 0. The summed E-state index contributed by atoms with van der Waals surface area (Å²) in [4.78, 5) is 0. The van der Waals surface area contributed by atoms with Gasteiger partial charge in [-0.2, -0.15) is 0 Å². The van der Waals surface area contributed by atoms with Crippen LogP contribution in [0, 0.1) is 11.8 Å². The highest BCUT2D eigenvalue weighted by Gasteiger charge is 2.37. The summed E-state index contributed by atoms with van der Waals surface area (Å²) < 4.78 is 0. The third-order valence-electron chi connectivity index (χ3n) is 4.70. The third kappa shape index (κ3) is 4.22. The van der Waals surface area contributed by atoms with Crippen LogP contribution in [0.15, 0.2) is 0 Å². The standard InChI is InChI=1S/C15H32N2O/c1-4-14(7-9-18)17-15(11-16)8-5-6-13(10-15)12(2)3/h12-14,17-18H,4-11,16H2,1-3H3. The first-order valence-corrected chi connectivity index (χ1v) is 7.65. The molecule has 0 saturated heterocycles. The Hall–Kier alpha value is -0.120. The van der Waals surface area contributed by atoms with Gasteiger partial charge >= 0.3 is 0 Å². The minimum atomic E-state index is 0.114. The summed E-state index contributed by atoms with van der Waals surface area (Å²) in [5.74, 6) is 1.54. The van der Waals surface area contributed by atoms with Gasteiger partial charge in [-0.1, -0.05) is 33.6 Å². The highest BCUT2D eigenvalue weighted by Crippen LogP contribution is 2.36. The van der Waals surface area contributed by atoms with E-state index in [4.69, 9.17) is 10.8 Å². The minimum Gasteiger partial charge on any atom is -0.396 e. The molecule has 0 amide bonds. The Labute approximate surface area is 113 Å². The second-order valence-electron chi connectivity index (χ2n) is 6.35. The van der Waals surface area contributed by atoms with E-state index < -0.39 is 0 Å². The highest BCUT2D eigenvalue weighted by atomic mass is 16.3. The Morgan fingerprint density at radius 3 is 2.67 bits per heavy atom. The van der Waals surface area contributed by atoms with Gasteiger partial charge in [-0.25, -0.2) is 0 Å². The highest BCUT2D eigenvalue weighted by molar-refractivity contribution is 4.97. The van der Waals surface area contributed by atoms with E-state index in [1.807, 2.05) is 0 Å². The van der Waals surface area contributed by atoms with Crippen molar-refractivity contribution in [3.63, 3.8) is 0 Å². The van der Waals surface area contributed by atoms with Crippen LogP contribution in [0.1, 0.15) is 59.3 Å². The molecule has 0 spiro atoms. The first kappa shape index (κ1) is 15.9. The van der Waals surface area contributed by atoms with Crippen molar-refractivity contribution in [1.29, 1.82) is 0 Å². The lowest BCUT2D eigenvalue weighted by molar-refractivity contribution is 0.131. The van der Waals surface area contributed by atoms with Gasteiger partial charge in [0.1, 0.15) is 0 Å². The Kier molecular flexibility index (Phi) is 6.61. The number of aliphatic hydroxyl groups excluding tert-OH is 1. The van der Waals surface area contributed by atoms with Crippen LogP contribution < -0.4 is 11.1 Å². The summed E-state index contributed by atoms with van der Waals surface area (Å²) >= 11 is 0. The molecule has 0 aromatic carbocycles. The molecule has 3 atom stereocenters. The van der Waals surface area contributed by atoms with Gasteiger partial charge in [0.2, 0.25) is 0 Å². The fourth-order valence-corrected chi connectivity index (χ4v) is 3.32. The monoisotopic (exact) mass is 256 g/mol. The summed E-state index contributed by atoms with van der Waals surface area (Å²) in [5.41, 5.74) is 6.19. The summed E-state index contributed by atoms with van der Waals surface area (Å²) in [6.45, 7) is 7.81. The molecule has 0 aromatic rings. The van der Waals surface area contributed by atoms with Crippen molar-refractivity contribution in [2.45, 2.75) is 70.9 Å². The molecule has 0 radical (unpaired) electrons. The Balaban J connectivity index is 2.65. The molecular weight excluding hydrogens is 224 g/mol. The number of hydrogen-bond acceptors (Lipinski definition) is 3. The van der Waals surface area contributed by atoms with Crippen LogP contribution in [-0.2, 0) is 0 Å². The van der Waals surface area contributed by atoms with Gasteiger partial charge < -0.3 is 16.2 Å². The predicted octanol–water partition coefficient (Wildman–Crippen LogP) is 2.28. The molecule has 3 nitrogen and oxygen atoms in total. The molecule has 3 heteroatoms. The van der Waals surface area contributed by atoms with Crippen LogP contribution in [0.3, 0.4) is 0 Å². The summed E-state index contributed by atoms with van der Waals surface area (Å²) in [5, 5.41) is 12.9. The largest absolute Gasteiger partial charge is 0.396 e. The van der Waals surface area contributed by atoms with Crippen LogP contribution in [0.4, 0.5) is 0 Å². The van der Waals surface area contributed by atoms with E-state index in [1.54, 1.807) is 0 Å². The number of rotatable bonds is 7. The maximum absolute atomic E-state index is 9.12. The van der Waals surface area contributed by atoms with E-state index in [-0.39, 0.29) is 12.1 Å². The molecule has 1 fully saturated rings. The Morgan fingerprint density at radius 2 is 2.17 bits per heavy atom. The average Bonchev–Trinajstić information content (AvgIpc) is 2.38. The number of hydrogen-bond donors (Lipinski definition) is 3. The van der Waals surface area contributed by atoms with Crippen LogP contribution in [0.5, 0.6) is 0 Å². The van der Waals surface area contributed by atoms with Crippen LogP contribution in [-0.4, -0.2) is 29.8 Å². The van der Waals surface area contributed by atoms with Crippen molar-refractivity contribution < 1.29 is 5.11 Å². The molecule has 1 aliphatic carbocycles. The lowest BCUT2D eigenvalue weighted by Gasteiger charge is -2.44. The van der Waals surface area contributed by atoms with E-state index in [9.17, 15) is 0 Å². The van der Waals surface area contributed by atoms with Gasteiger partial charge in [-0.15, -0.1) is 0 Å². The van der Waals surface area contributed by atoms with E-state index in [1.165, 1.54) is 25.7 Å². The Morgan fingerprint density at radius 1 is 1.44 bits per heavy atom. The summed E-state index contributed by atoms with van der Waals surface area (Å²) in [6, 6.07) is 0.407. The van der Waals surface area contributed by atoms with Crippen molar-refractivity contribution >= 4 is 0 Å². The average molecular weight is 256 g/mol. The first-order chi connectivity index (χ1) is 8.56. The van der Waals surface area contributed by atoms with Gasteiger partial charge in [0, 0.05) is 24.7 Å². The van der Waals surface area contributed by atoms with Gasteiger partial charge in [-0.05, 0) is 37.5 Å². The van der Waals surface area contributed by atoms with Gasteiger partial charge in [-0.3, -0.25) is 0 Å². The summed E-state index contributed by atoms with van der Waals surface area (Å²) in [6.07, 6.45) is 6.91. The second kappa shape index (κ2) is 7.46. The predicted molar refractivity (Wildman–Crippen MR) is 77.5 cm³/mol. The lowest BCUT2D eigenvalue weighted by atomic mass is 9.71. The minimum absolute atomic E-state index is 0.114. The molecule has 3 unspecified atom stereocenters.